The van der Waals surface area contributed by atoms with Crippen molar-refractivity contribution in [2.24, 2.45) is 0 Å². The van der Waals surface area contributed by atoms with Crippen molar-refractivity contribution in [2.45, 2.75) is 69.6 Å². The summed E-state index contributed by atoms with van der Waals surface area (Å²) in [4.78, 5) is 13.0. The van der Waals surface area contributed by atoms with Crippen LogP contribution in [-0.4, -0.2) is 35.7 Å². The Bertz CT molecular complexity index is 314. The highest BCUT2D eigenvalue weighted by Gasteiger charge is 2.46. The summed E-state index contributed by atoms with van der Waals surface area (Å²) in [7, 11) is 0. The maximum Gasteiger partial charge on any atom is 0.408 e. The van der Waals surface area contributed by atoms with Gasteiger partial charge in [0.2, 0.25) is 0 Å². The third kappa shape index (κ3) is 3.76. The van der Waals surface area contributed by atoms with Crippen LogP contribution in [0.3, 0.4) is 0 Å². The highest BCUT2D eigenvalue weighted by Crippen LogP contribution is 2.32. The summed E-state index contributed by atoms with van der Waals surface area (Å²) in [6.07, 6.45) is 1.93. The zero-order valence-electron chi connectivity index (χ0n) is 11.0. The van der Waals surface area contributed by atoms with Crippen LogP contribution in [0.5, 0.6) is 0 Å². The molecule has 1 aliphatic carbocycles. The van der Waals surface area contributed by atoms with E-state index in [0.29, 0.717) is 12.8 Å². The second kappa shape index (κ2) is 6.01. The number of amides is 2. The number of hydrogen-bond donors (Lipinski definition) is 1. The van der Waals surface area contributed by atoms with Crippen LogP contribution in [0.1, 0.15) is 51.4 Å². The van der Waals surface area contributed by atoms with Crippen molar-refractivity contribution in [1.82, 2.24) is 10.2 Å². The van der Waals surface area contributed by atoms with Crippen LogP contribution in [0.4, 0.5) is 18.0 Å². The maximum absolute atomic E-state index is 12.9. The number of carbonyl (C=O) groups excluding carboxylic acids is 1. The minimum atomic E-state index is -4.32. The van der Waals surface area contributed by atoms with Crippen LogP contribution >= 0.6 is 0 Å². The molecule has 1 heterocycles. The molecule has 1 atom stereocenters. The summed E-state index contributed by atoms with van der Waals surface area (Å²) >= 11 is 0. The normalized spacial score (nSPS) is 26.3. The highest BCUT2D eigenvalue weighted by molar-refractivity contribution is 5.75. The molecule has 1 N–H and O–H groups in total. The van der Waals surface area contributed by atoms with Crippen molar-refractivity contribution in [2.75, 3.05) is 6.54 Å². The lowest BCUT2D eigenvalue weighted by atomic mass is 9.95. The van der Waals surface area contributed by atoms with Gasteiger partial charge in [-0.1, -0.05) is 19.3 Å². The van der Waals surface area contributed by atoms with E-state index in [4.69, 9.17) is 0 Å². The minimum Gasteiger partial charge on any atom is -0.335 e. The van der Waals surface area contributed by atoms with E-state index in [1.165, 1.54) is 0 Å². The first-order chi connectivity index (χ1) is 8.98. The molecule has 0 radical (unpaired) electrons. The number of hydrogen-bond acceptors (Lipinski definition) is 1. The minimum absolute atomic E-state index is 0.0294. The summed E-state index contributed by atoms with van der Waals surface area (Å²) in [5.41, 5.74) is 0. The van der Waals surface area contributed by atoms with E-state index in [-0.39, 0.29) is 19.0 Å². The van der Waals surface area contributed by atoms with Crippen LogP contribution < -0.4 is 5.32 Å². The predicted octanol–water partition coefficient (Wildman–Crippen LogP) is 3.45. The summed E-state index contributed by atoms with van der Waals surface area (Å²) in [6.45, 7) is 0.211. The Labute approximate surface area is 111 Å². The number of halogens is 3. The smallest absolute Gasteiger partial charge is 0.335 e. The van der Waals surface area contributed by atoms with Gasteiger partial charge in [-0.15, -0.1) is 0 Å². The van der Waals surface area contributed by atoms with Gasteiger partial charge in [0.05, 0.1) is 0 Å². The average molecular weight is 278 g/mol. The maximum atomic E-state index is 12.9. The molecule has 2 amide bonds. The summed E-state index contributed by atoms with van der Waals surface area (Å²) in [6, 6.07) is -2.09. The van der Waals surface area contributed by atoms with Gasteiger partial charge in [-0.25, -0.2) is 4.79 Å². The van der Waals surface area contributed by atoms with Gasteiger partial charge in [-0.2, -0.15) is 13.2 Å². The van der Waals surface area contributed by atoms with Crippen LogP contribution in [-0.2, 0) is 0 Å². The second-order valence-electron chi connectivity index (χ2n) is 5.53. The number of nitrogens with zero attached hydrogens (tertiary/aromatic N) is 1. The van der Waals surface area contributed by atoms with Gasteiger partial charge in [-0.3, -0.25) is 0 Å². The molecule has 0 aromatic carbocycles. The van der Waals surface area contributed by atoms with E-state index < -0.39 is 18.2 Å². The molecule has 0 bridgehead atoms. The third-order valence-electron chi connectivity index (χ3n) is 4.07. The van der Waals surface area contributed by atoms with Gasteiger partial charge in [0, 0.05) is 12.6 Å². The largest absolute Gasteiger partial charge is 0.408 e. The molecule has 2 rings (SSSR count). The summed E-state index contributed by atoms with van der Waals surface area (Å²) < 4.78 is 38.7. The molecule has 1 aliphatic heterocycles. The summed E-state index contributed by atoms with van der Waals surface area (Å²) in [5.74, 6) is 0. The lowest BCUT2D eigenvalue weighted by molar-refractivity contribution is -0.182. The molecule has 0 aromatic rings. The standard InChI is InChI=1S/C13H21F3N2O/c14-13(15,16)11-8-4-5-9-18(11)12(19)17-10-6-2-1-3-7-10/h10-11H,1-9H2,(H,17,19). The zero-order valence-corrected chi connectivity index (χ0v) is 11.0. The molecular formula is C13H21F3N2O. The molecule has 19 heavy (non-hydrogen) atoms. The van der Waals surface area contributed by atoms with Crippen molar-refractivity contribution < 1.29 is 18.0 Å². The number of nitrogens with one attached hydrogen (secondary N) is 1. The van der Waals surface area contributed by atoms with Crippen LogP contribution in [0, 0.1) is 0 Å². The van der Waals surface area contributed by atoms with Gasteiger partial charge < -0.3 is 10.2 Å². The molecule has 110 valence electrons. The van der Waals surface area contributed by atoms with E-state index in [0.717, 1.165) is 37.0 Å². The van der Waals surface area contributed by atoms with Gasteiger partial charge in [0.15, 0.2) is 0 Å². The molecule has 0 aromatic heterocycles. The predicted molar refractivity (Wildman–Crippen MR) is 65.8 cm³/mol. The SMILES string of the molecule is O=C(NC1CCCCC1)N1CCCCC1C(F)(F)F. The molecule has 6 heteroatoms. The van der Waals surface area contributed by atoms with E-state index in [2.05, 4.69) is 5.32 Å². The first-order valence-corrected chi connectivity index (χ1v) is 7.12. The number of likely N-dealkylation sites (tertiary alicyclic amines) is 1. The Morgan fingerprint density at radius 2 is 1.63 bits per heavy atom. The Balaban J connectivity index is 1.95. The van der Waals surface area contributed by atoms with Crippen molar-refractivity contribution in [3.63, 3.8) is 0 Å². The number of piperidine rings is 1. The van der Waals surface area contributed by atoms with E-state index in [1.807, 2.05) is 0 Å². The van der Waals surface area contributed by atoms with Crippen LogP contribution in [0.2, 0.25) is 0 Å². The molecule has 2 aliphatic rings. The monoisotopic (exact) mass is 278 g/mol. The van der Waals surface area contributed by atoms with Crippen LogP contribution in [0.15, 0.2) is 0 Å². The number of rotatable bonds is 1. The van der Waals surface area contributed by atoms with Gasteiger partial charge >= 0.3 is 12.2 Å². The second-order valence-corrected chi connectivity index (χ2v) is 5.53. The lowest BCUT2D eigenvalue weighted by Crippen LogP contribution is -2.56. The zero-order chi connectivity index (χ0) is 13.9. The van der Waals surface area contributed by atoms with E-state index >= 15 is 0 Å². The van der Waals surface area contributed by atoms with Crippen molar-refractivity contribution in [1.29, 1.82) is 0 Å². The topological polar surface area (TPSA) is 32.3 Å². The molecule has 1 unspecified atom stereocenters. The summed E-state index contributed by atoms with van der Waals surface area (Å²) in [5, 5.41) is 2.78. The lowest BCUT2D eigenvalue weighted by Gasteiger charge is -2.38. The van der Waals surface area contributed by atoms with Crippen molar-refractivity contribution in [3.8, 4) is 0 Å². The quantitative estimate of drug-likeness (QED) is 0.783. The van der Waals surface area contributed by atoms with E-state index in [9.17, 15) is 18.0 Å². The fourth-order valence-electron chi connectivity index (χ4n) is 3.02. The molecular weight excluding hydrogens is 257 g/mol. The Kier molecular flexibility index (Phi) is 4.58. The first-order valence-electron chi connectivity index (χ1n) is 7.12. The van der Waals surface area contributed by atoms with Crippen LogP contribution in [0.25, 0.3) is 0 Å². The Hall–Kier alpha value is -0.940. The van der Waals surface area contributed by atoms with Crippen molar-refractivity contribution in [3.05, 3.63) is 0 Å². The third-order valence-corrected chi connectivity index (χ3v) is 4.07. The first kappa shape index (κ1) is 14.5. The molecule has 0 spiro atoms. The highest BCUT2D eigenvalue weighted by atomic mass is 19.4. The van der Waals surface area contributed by atoms with Gasteiger partial charge in [0.1, 0.15) is 6.04 Å². The van der Waals surface area contributed by atoms with Gasteiger partial charge in [-0.05, 0) is 32.1 Å². The fourth-order valence-corrected chi connectivity index (χ4v) is 3.02. The molecule has 3 nitrogen and oxygen atoms in total. The molecule has 1 saturated carbocycles. The number of urea groups is 1. The molecule has 2 fully saturated rings. The molecule has 1 saturated heterocycles. The number of alkyl halides is 3. The Morgan fingerprint density at radius 3 is 2.26 bits per heavy atom. The average Bonchev–Trinajstić information content (AvgIpc) is 2.39. The Morgan fingerprint density at radius 1 is 1.00 bits per heavy atom. The number of carbonyl (C=O) groups is 1. The fraction of sp³-hybridized carbons (Fsp3) is 0.923. The van der Waals surface area contributed by atoms with Gasteiger partial charge in [0.25, 0.3) is 0 Å². The van der Waals surface area contributed by atoms with Crippen molar-refractivity contribution >= 4 is 6.03 Å². The van der Waals surface area contributed by atoms with E-state index in [1.54, 1.807) is 0 Å².